The van der Waals surface area contributed by atoms with Gasteiger partial charge in [-0.25, -0.2) is 9.18 Å². The lowest BCUT2D eigenvalue weighted by molar-refractivity contribution is 0.0698. The SMILES string of the molecule is Cc1cc([C@H](C)Nc2ccccc2C(=O)O)c2cc(N3Cc4ccc(F)cc4C3)cc(=O)n2c1. The molecule has 0 aliphatic carbocycles. The van der Waals surface area contributed by atoms with E-state index in [1.807, 2.05) is 26.0 Å². The number of carboxylic acids is 1. The third kappa shape index (κ3) is 3.90. The van der Waals surface area contributed by atoms with Crippen molar-refractivity contribution < 1.29 is 14.3 Å². The zero-order valence-electron chi connectivity index (χ0n) is 18.9. The van der Waals surface area contributed by atoms with Crippen molar-refractivity contribution in [1.29, 1.82) is 0 Å². The highest BCUT2D eigenvalue weighted by Gasteiger charge is 2.22. The highest BCUT2D eigenvalue weighted by molar-refractivity contribution is 5.94. The third-order valence-corrected chi connectivity index (χ3v) is 6.32. The fourth-order valence-corrected chi connectivity index (χ4v) is 4.66. The number of carboxylic acid groups (broad SMARTS) is 1. The number of hydrogen-bond acceptors (Lipinski definition) is 4. The molecule has 0 bridgehead atoms. The van der Waals surface area contributed by atoms with Gasteiger partial charge in [-0.1, -0.05) is 24.3 Å². The Morgan fingerprint density at radius 1 is 1.06 bits per heavy atom. The zero-order valence-corrected chi connectivity index (χ0v) is 18.9. The molecule has 0 radical (unpaired) electrons. The van der Waals surface area contributed by atoms with Crippen molar-refractivity contribution in [3.63, 3.8) is 0 Å². The first-order valence-corrected chi connectivity index (χ1v) is 11.1. The molecule has 0 amide bonds. The maximum atomic E-state index is 13.7. The molecule has 3 heterocycles. The number of nitrogens with one attached hydrogen (secondary N) is 1. The largest absolute Gasteiger partial charge is 0.478 e. The van der Waals surface area contributed by atoms with Crippen LogP contribution in [0.15, 0.2) is 71.7 Å². The summed E-state index contributed by atoms with van der Waals surface area (Å²) in [7, 11) is 0. The van der Waals surface area contributed by atoms with Gasteiger partial charge in [-0.3, -0.25) is 9.20 Å². The van der Waals surface area contributed by atoms with Crippen LogP contribution in [0.5, 0.6) is 0 Å². The molecule has 1 aliphatic rings. The molecule has 7 heteroatoms. The van der Waals surface area contributed by atoms with Crippen LogP contribution < -0.4 is 15.8 Å². The van der Waals surface area contributed by atoms with Crippen molar-refractivity contribution in [2.24, 2.45) is 0 Å². The first-order valence-electron chi connectivity index (χ1n) is 11.1. The molecule has 0 saturated heterocycles. The molecule has 1 atom stereocenters. The summed E-state index contributed by atoms with van der Waals surface area (Å²) in [5, 5.41) is 12.8. The van der Waals surface area contributed by atoms with Crippen LogP contribution in [0.25, 0.3) is 5.52 Å². The van der Waals surface area contributed by atoms with Gasteiger partial charge < -0.3 is 15.3 Å². The van der Waals surface area contributed by atoms with Gasteiger partial charge in [0.2, 0.25) is 0 Å². The first kappa shape index (κ1) is 21.7. The number of pyridine rings is 2. The van der Waals surface area contributed by atoms with E-state index in [0.29, 0.717) is 18.8 Å². The number of rotatable bonds is 5. The van der Waals surface area contributed by atoms with E-state index in [2.05, 4.69) is 10.2 Å². The minimum absolute atomic E-state index is 0.155. The number of aromatic nitrogens is 1. The Morgan fingerprint density at radius 3 is 2.62 bits per heavy atom. The van der Waals surface area contributed by atoms with Crippen LogP contribution in [-0.4, -0.2) is 15.5 Å². The second-order valence-electron chi connectivity index (χ2n) is 8.77. The van der Waals surface area contributed by atoms with Crippen LogP contribution in [0.1, 0.15) is 45.6 Å². The number of halogens is 1. The Kier molecular flexibility index (Phi) is 5.32. The average molecular weight is 458 g/mol. The molecule has 2 N–H and O–H groups in total. The van der Waals surface area contributed by atoms with E-state index in [-0.39, 0.29) is 23.0 Å². The maximum Gasteiger partial charge on any atom is 0.337 e. The van der Waals surface area contributed by atoms with E-state index in [0.717, 1.165) is 33.5 Å². The van der Waals surface area contributed by atoms with Crippen LogP contribution in [0.4, 0.5) is 15.8 Å². The quantitative estimate of drug-likeness (QED) is 0.434. The molecule has 6 nitrogen and oxygen atoms in total. The van der Waals surface area contributed by atoms with E-state index in [4.69, 9.17) is 0 Å². The molecule has 0 unspecified atom stereocenters. The molecule has 2 aromatic heterocycles. The van der Waals surface area contributed by atoms with Crippen LogP contribution in [-0.2, 0) is 13.1 Å². The number of benzene rings is 2. The number of aromatic carboxylic acids is 1. The summed E-state index contributed by atoms with van der Waals surface area (Å²) in [5.74, 6) is -1.27. The van der Waals surface area contributed by atoms with Gasteiger partial charge in [-0.05, 0) is 66.4 Å². The van der Waals surface area contributed by atoms with Gasteiger partial charge in [-0.15, -0.1) is 0 Å². The Balaban J connectivity index is 1.56. The summed E-state index contributed by atoms with van der Waals surface area (Å²) in [6.45, 7) is 5.00. The number of hydrogen-bond donors (Lipinski definition) is 2. The van der Waals surface area contributed by atoms with Crippen molar-refractivity contribution >= 4 is 22.9 Å². The van der Waals surface area contributed by atoms with E-state index >= 15 is 0 Å². The molecule has 0 spiro atoms. The van der Waals surface area contributed by atoms with Crippen molar-refractivity contribution in [2.75, 3.05) is 10.2 Å². The fourth-order valence-electron chi connectivity index (χ4n) is 4.66. The zero-order chi connectivity index (χ0) is 24.0. The monoisotopic (exact) mass is 457 g/mol. The van der Waals surface area contributed by atoms with E-state index in [1.165, 1.54) is 6.07 Å². The molecular weight excluding hydrogens is 433 g/mol. The van der Waals surface area contributed by atoms with E-state index < -0.39 is 5.97 Å². The number of para-hydroxylation sites is 1. The summed E-state index contributed by atoms with van der Waals surface area (Å²) in [5.41, 5.74) is 5.81. The summed E-state index contributed by atoms with van der Waals surface area (Å²) >= 11 is 0. The van der Waals surface area contributed by atoms with Crippen LogP contribution >= 0.6 is 0 Å². The summed E-state index contributed by atoms with van der Waals surface area (Å²) < 4.78 is 15.3. The topological polar surface area (TPSA) is 74.0 Å². The summed E-state index contributed by atoms with van der Waals surface area (Å²) in [4.78, 5) is 26.8. The normalized spacial score (nSPS) is 13.7. The van der Waals surface area contributed by atoms with E-state index in [1.54, 1.807) is 53.1 Å². The van der Waals surface area contributed by atoms with Gasteiger partial charge in [0.1, 0.15) is 5.82 Å². The molecule has 34 heavy (non-hydrogen) atoms. The van der Waals surface area contributed by atoms with Gasteiger partial charge in [-0.2, -0.15) is 0 Å². The predicted octanol–water partition coefficient (Wildman–Crippen LogP) is 5.14. The lowest BCUT2D eigenvalue weighted by Crippen LogP contribution is -2.21. The average Bonchev–Trinajstić information content (AvgIpc) is 3.22. The molecular formula is C27H24FN3O3. The Bertz CT molecular complexity index is 1490. The number of nitrogens with zero attached hydrogens (tertiary/aromatic N) is 2. The lowest BCUT2D eigenvalue weighted by Gasteiger charge is -2.22. The number of anilines is 2. The molecule has 0 fully saturated rings. The minimum atomic E-state index is -1.01. The van der Waals surface area contributed by atoms with Crippen LogP contribution in [0, 0.1) is 12.7 Å². The van der Waals surface area contributed by atoms with Crippen molar-refractivity contribution in [2.45, 2.75) is 33.0 Å². The fraction of sp³-hybridized carbons (Fsp3) is 0.185. The minimum Gasteiger partial charge on any atom is -0.478 e. The molecule has 4 aromatic rings. The lowest BCUT2D eigenvalue weighted by atomic mass is 10.0. The molecule has 2 aromatic carbocycles. The van der Waals surface area contributed by atoms with Gasteiger partial charge in [0, 0.05) is 36.7 Å². The van der Waals surface area contributed by atoms with Crippen molar-refractivity contribution in [3.8, 4) is 0 Å². The Morgan fingerprint density at radius 2 is 1.82 bits per heavy atom. The maximum absolute atomic E-state index is 13.7. The third-order valence-electron chi connectivity index (χ3n) is 6.32. The molecule has 1 aliphatic heterocycles. The van der Waals surface area contributed by atoms with Crippen molar-refractivity contribution in [3.05, 3.63) is 111 Å². The predicted molar refractivity (Wildman–Crippen MR) is 130 cm³/mol. The standard InChI is InChI=1S/C27H24FN3O3/c1-16-9-23(17(2)29-24-6-4-3-5-22(24)27(33)34)25-11-21(12-26(32)31(25)13-16)30-14-18-7-8-20(28)10-19(18)15-30/h3-13,17,29H,14-15H2,1-2H3,(H,33,34)/t17-/m0/s1. The Hall–Kier alpha value is -4.13. The van der Waals surface area contributed by atoms with Gasteiger partial charge in [0.15, 0.2) is 0 Å². The highest BCUT2D eigenvalue weighted by Crippen LogP contribution is 2.31. The molecule has 5 rings (SSSR count). The molecule has 0 saturated carbocycles. The second kappa shape index (κ2) is 8.33. The molecule has 172 valence electrons. The smallest absolute Gasteiger partial charge is 0.337 e. The summed E-state index contributed by atoms with van der Waals surface area (Å²) in [6, 6.07) is 16.9. The van der Waals surface area contributed by atoms with Gasteiger partial charge >= 0.3 is 5.97 Å². The highest BCUT2D eigenvalue weighted by atomic mass is 19.1. The van der Waals surface area contributed by atoms with Crippen LogP contribution in [0.2, 0.25) is 0 Å². The number of carbonyl (C=O) groups is 1. The number of fused-ring (bicyclic) bond motifs is 2. The van der Waals surface area contributed by atoms with Crippen molar-refractivity contribution in [1.82, 2.24) is 4.40 Å². The summed E-state index contributed by atoms with van der Waals surface area (Å²) in [6.07, 6.45) is 1.80. The van der Waals surface area contributed by atoms with Crippen LogP contribution in [0.3, 0.4) is 0 Å². The Labute approximate surface area is 195 Å². The van der Waals surface area contributed by atoms with E-state index in [9.17, 15) is 19.1 Å². The number of aryl methyl sites for hydroxylation is 1. The second-order valence-corrected chi connectivity index (χ2v) is 8.77. The first-order chi connectivity index (χ1) is 16.3. The van der Waals surface area contributed by atoms with Gasteiger partial charge in [0.25, 0.3) is 5.56 Å². The van der Waals surface area contributed by atoms with Gasteiger partial charge in [0.05, 0.1) is 17.1 Å².